The van der Waals surface area contributed by atoms with Crippen molar-refractivity contribution in [2.45, 2.75) is 45.6 Å². The van der Waals surface area contributed by atoms with E-state index < -0.39 is 12.0 Å². The predicted octanol–water partition coefficient (Wildman–Crippen LogP) is 7.22. The molecule has 0 aliphatic rings. The average molecular weight is 530 g/mol. The molecule has 0 saturated carbocycles. The maximum atomic E-state index is 14.7. The molecule has 5 rings (SSSR count). The molecule has 0 aliphatic carbocycles. The Kier molecular flexibility index (Phi) is 8.20. The van der Waals surface area contributed by atoms with Crippen molar-refractivity contribution in [2.75, 3.05) is 6.54 Å². The van der Waals surface area contributed by atoms with Crippen molar-refractivity contribution in [3.63, 3.8) is 0 Å². The van der Waals surface area contributed by atoms with Gasteiger partial charge in [-0.15, -0.1) is 0 Å². The quantitative estimate of drug-likeness (QED) is 0.203. The molecule has 4 aromatic carbocycles. The van der Waals surface area contributed by atoms with Crippen LogP contribution in [0, 0.1) is 6.92 Å². The number of aryl methyl sites for hydroxylation is 1. The summed E-state index contributed by atoms with van der Waals surface area (Å²) < 4.78 is 1.70. The number of carbonyl (C=O) groups is 1. The van der Waals surface area contributed by atoms with Gasteiger partial charge in [0.2, 0.25) is 5.91 Å². The molecule has 0 saturated heterocycles. The zero-order chi connectivity index (χ0) is 28.1. The normalized spacial score (nSPS) is 12.0. The number of aromatic nitrogens is 2. The van der Waals surface area contributed by atoms with E-state index in [0.29, 0.717) is 29.7 Å². The minimum absolute atomic E-state index is 0.00367. The van der Waals surface area contributed by atoms with Gasteiger partial charge in [0.1, 0.15) is 5.82 Å². The van der Waals surface area contributed by atoms with Crippen LogP contribution in [0.25, 0.3) is 16.6 Å². The van der Waals surface area contributed by atoms with Crippen molar-refractivity contribution >= 4 is 16.8 Å². The highest BCUT2D eigenvalue weighted by atomic mass is 16.2. The molecule has 5 nitrogen and oxygen atoms in total. The summed E-state index contributed by atoms with van der Waals surface area (Å²) in [5.74, 6) is 0.115. The van der Waals surface area contributed by atoms with Crippen LogP contribution in [0.3, 0.4) is 0 Å². The highest BCUT2D eigenvalue weighted by molar-refractivity contribution is 5.87. The number of benzene rings is 4. The Hall–Kier alpha value is -4.51. The van der Waals surface area contributed by atoms with Gasteiger partial charge in [0, 0.05) is 6.54 Å². The molecule has 0 bridgehead atoms. The highest BCUT2D eigenvalue weighted by Gasteiger charge is 2.34. The molecule has 1 unspecified atom stereocenters. The summed E-state index contributed by atoms with van der Waals surface area (Å²) in [6, 6.07) is 34.8. The van der Waals surface area contributed by atoms with Gasteiger partial charge < -0.3 is 4.90 Å². The largest absolute Gasteiger partial charge is 0.332 e. The van der Waals surface area contributed by atoms with Gasteiger partial charge in [0.05, 0.1) is 28.6 Å². The van der Waals surface area contributed by atoms with Gasteiger partial charge in [-0.1, -0.05) is 104 Å². The Balaban J connectivity index is 1.71. The summed E-state index contributed by atoms with van der Waals surface area (Å²) >= 11 is 0. The van der Waals surface area contributed by atoms with Crippen LogP contribution in [0.4, 0.5) is 0 Å². The number of para-hydroxylation sites is 1. The van der Waals surface area contributed by atoms with Crippen molar-refractivity contribution in [3.8, 4) is 5.69 Å². The van der Waals surface area contributed by atoms with E-state index in [1.807, 2.05) is 121 Å². The third-order valence-electron chi connectivity index (χ3n) is 7.42. The molecule has 1 atom stereocenters. The summed E-state index contributed by atoms with van der Waals surface area (Å²) in [4.78, 5) is 35.7. The molecule has 5 aromatic rings. The summed E-state index contributed by atoms with van der Waals surface area (Å²) in [6.45, 7) is 6.70. The standard InChI is InChI=1S/C35H35N3O2/c1-4-24-37(35(40)32(26-14-8-6-9-15-26)27-16-10-7-11-17-27)31(5-2)33-36-30-19-13-12-18-29(30)34(39)38(33)28-22-20-25(3)21-23-28/h6-23,31-32H,4-5,24H2,1-3H3. The molecule has 1 heterocycles. The molecule has 202 valence electrons. The second kappa shape index (κ2) is 12.1. The molecule has 5 heteroatoms. The lowest BCUT2D eigenvalue weighted by atomic mass is 9.89. The maximum Gasteiger partial charge on any atom is 0.266 e. The van der Waals surface area contributed by atoms with Gasteiger partial charge in [0.25, 0.3) is 5.56 Å². The first-order valence-electron chi connectivity index (χ1n) is 14.0. The van der Waals surface area contributed by atoms with Crippen molar-refractivity contribution in [3.05, 3.63) is 142 Å². The third kappa shape index (κ3) is 5.32. The molecule has 40 heavy (non-hydrogen) atoms. The van der Waals surface area contributed by atoms with Crippen LogP contribution < -0.4 is 5.56 Å². The van der Waals surface area contributed by atoms with E-state index >= 15 is 0 Å². The topological polar surface area (TPSA) is 55.2 Å². The third-order valence-corrected chi connectivity index (χ3v) is 7.42. The number of hydrogen-bond donors (Lipinski definition) is 0. The van der Waals surface area contributed by atoms with Crippen LogP contribution in [0.5, 0.6) is 0 Å². The number of amides is 1. The lowest BCUT2D eigenvalue weighted by molar-refractivity contribution is -0.134. The zero-order valence-electron chi connectivity index (χ0n) is 23.3. The van der Waals surface area contributed by atoms with Crippen LogP contribution in [-0.2, 0) is 4.79 Å². The van der Waals surface area contributed by atoms with Gasteiger partial charge in [-0.2, -0.15) is 0 Å². The average Bonchev–Trinajstić information content (AvgIpc) is 2.99. The smallest absolute Gasteiger partial charge is 0.266 e. The monoisotopic (exact) mass is 529 g/mol. The minimum Gasteiger partial charge on any atom is -0.332 e. The molecule has 0 aliphatic heterocycles. The second-order valence-corrected chi connectivity index (χ2v) is 10.2. The van der Waals surface area contributed by atoms with Gasteiger partial charge in [-0.3, -0.25) is 14.2 Å². The van der Waals surface area contributed by atoms with Crippen LogP contribution in [0.2, 0.25) is 0 Å². The number of rotatable bonds is 9. The van der Waals surface area contributed by atoms with Crippen LogP contribution in [-0.4, -0.2) is 26.9 Å². The fourth-order valence-electron chi connectivity index (χ4n) is 5.45. The molecular weight excluding hydrogens is 494 g/mol. The lowest BCUT2D eigenvalue weighted by Gasteiger charge is -2.35. The van der Waals surface area contributed by atoms with Gasteiger partial charge in [0.15, 0.2) is 0 Å². The first kappa shape index (κ1) is 27.1. The van der Waals surface area contributed by atoms with Crippen molar-refractivity contribution in [2.24, 2.45) is 0 Å². The Morgan fingerprint density at radius 2 is 1.38 bits per heavy atom. The van der Waals surface area contributed by atoms with Gasteiger partial charge >= 0.3 is 0 Å². The summed E-state index contributed by atoms with van der Waals surface area (Å²) in [7, 11) is 0. The SMILES string of the molecule is CCCN(C(=O)C(c1ccccc1)c1ccccc1)C(CC)c1nc2ccccc2c(=O)n1-c1ccc(C)cc1. The first-order valence-corrected chi connectivity index (χ1v) is 14.0. The van der Waals surface area contributed by atoms with Crippen molar-refractivity contribution < 1.29 is 4.79 Å². The molecule has 1 amide bonds. The molecule has 0 fully saturated rings. The van der Waals surface area contributed by atoms with Crippen LogP contribution in [0.1, 0.15) is 61.2 Å². The molecule has 0 radical (unpaired) electrons. The van der Waals surface area contributed by atoms with E-state index in [1.165, 1.54) is 0 Å². The van der Waals surface area contributed by atoms with E-state index in [4.69, 9.17) is 4.98 Å². The Labute approximate surface area is 235 Å². The zero-order valence-corrected chi connectivity index (χ0v) is 23.3. The minimum atomic E-state index is -0.469. The summed E-state index contributed by atoms with van der Waals surface area (Å²) in [5.41, 5.74) is 4.24. The predicted molar refractivity (Wildman–Crippen MR) is 162 cm³/mol. The fraction of sp³-hybridized carbons (Fsp3) is 0.229. The molecule has 0 N–H and O–H groups in total. The molecule has 0 spiro atoms. The fourth-order valence-corrected chi connectivity index (χ4v) is 5.45. The van der Waals surface area contributed by atoms with Crippen molar-refractivity contribution in [1.29, 1.82) is 0 Å². The maximum absolute atomic E-state index is 14.7. The van der Waals surface area contributed by atoms with Gasteiger partial charge in [-0.25, -0.2) is 4.98 Å². The number of nitrogens with zero attached hydrogens (tertiary/aromatic N) is 3. The van der Waals surface area contributed by atoms with Gasteiger partial charge in [-0.05, 0) is 55.2 Å². The second-order valence-electron chi connectivity index (χ2n) is 10.2. The summed E-state index contributed by atoms with van der Waals surface area (Å²) in [5, 5.41) is 0.557. The highest BCUT2D eigenvalue weighted by Crippen LogP contribution is 2.33. The number of hydrogen-bond acceptors (Lipinski definition) is 3. The molecule has 1 aromatic heterocycles. The Bertz CT molecular complexity index is 1600. The first-order chi connectivity index (χ1) is 19.5. The Morgan fingerprint density at radius 3 is 1.95 bits per heavy atom. The van der Waals surface area contributed by atoms with E-state index in [0.717, 1.165) is 28.8 Å². The number of fused-ring (bicyclic) bond motifs is 1. The van der Waals surface area contributed by atoms with Crippen LogP contribution in [0.15, 0.2) is 114 Å². The van der Waals surface area contributed by atoms with E-state index in [1.54, 1.807) is 4.57 Å². The number of carbonyl (C=O) groups excluding carboxylic acids is 1. The van der Waals surface area contributed by atoms with Crippen molar-refractivity contribution in [1.82, 2.24) is 14.5 Å². The van der Waals surface area contributed by atoms with E-state index in [9.17, 15) is 9.59 Å². The Morgan fingerprint density at radius 1 is 0.800 bits per heavy atom. The van der Waals surface area contributed by atoms with Crippen LogP contribution >= 0.6 is 0 Å². The summed E-state index contributed by atoms with van der Waals surface area (Å²) in [6.07, 6.45) is 1.39. The van der Waals surface area contributed by atoms with E-state index in [2.05, 4.69) is 13.8 Å². The molecular formula is C35H35N3O2. The lowest BCUT2D eigenvalue weighted by Crippen LogP contribution is -2.41. The van der Waals surface area contributed by atoms with E-state index in [-0.39, 0.29) is 11.5 Å².